The van der Waals surface area contributed by atoms with Crippen LogP contribution in [-0.2, 0) is 4.79 Å². The minimum atomic E-state index is -2.91. The summed E-state index contributed by atoms with van der Waals surface area (Å²) in [6, 6.07) is 4.49. The quantitative estimate of drug-likeness (QED) is 0.865. The van der Waals surface area contributed by atoms with Crippen LogP contribution in [-0.4, -0.2) is 17.7 Å². The Labute approximate surface area is 91.7 Å². The van der Waals surface area contributed by atoms with Gasteiger partial charge in [0.25, 0.3) is 0 Å². The highest BCUT2D eigenvalue weighted by atomic mass is 19.3. The van der Waals surface area contributed by atoms with Gasteiger partial charge in [0.2, 0.25) is 0 Å². The van der Waals surface area contributed by atoms with Crippen molar-refractivity contribution in [3.8, 4) is 5.75 Å². The van der Waals surface area contributed by atoms with Crippen LogP contribution in [0.1, 0.15) is 24.0 Å². The first-order valence-electron chi connectivity index (χ1n) is 4.70. The lowest BCUT2D eigenvalue weighted by Crippen LogP contribution is -2.09. The van der Waals surface area contributed by atoms with Crippen molar-refractivity contribution < 1.29 is 23.4 Å². The van der Waals surface area contributed by atoms with Crippen molar-refractivity contribution in [1.82, 2.24) is 0 Å². The molecule has 0 amide bonds. The molecule has 0 fully saturated rings. The molecule has 16 heavy (non-hydrogen) atoms. The van der Waals surface area contributed by atoms with Gasteiger partial charge in [0.1, 0.15) is 5.75 Å². The average molecular weight is 230 g/mol. The van der Waals surface area contributed by atoms with Gasteiger partial charge < -0.3 is 9.84 Å². The zero-order valence-corrected chi connectivity index (χ0v) is 8.91. The highest BCUT2D eigenvalue weighted by Crippen LogP contribution is 2.25. The third-order valence-electron chi connectivity index (χ3n) is 2.30. The van der Waals surface area contributed by atoms with Gasteiger partial charge in [0.15, 0.2) is 0 Å². The summed E-state index contributed by atoms with van der Waals surface area (Å²) in [7, 11) is 0. The Morgan fingerprint density at radius 2 is 2.06 bits per heavy atom. The second-order valence-electron chi connectivity index (χ2n) is 3.46. The summed E-state index contributed by atoms with van der Waals surface area (Å²) in [6.07, 6.45) is 0. The lowest BCUT2D eigenvalue weighted by molar-refractivity contribution is -0.138. The number of carboxylic acids is 1. The van der Waals surface area contributed by atoms with Crippen molar-refractivity contribution in [2.24, 2.45) is 0 Å². The molecular formula is C11H12F2O3. The van der Waals surface area contributed by atoms with E-state index in [1.807, 2.05) is 0 Å². The summed E-state index contributed by atoms with van der Waals surface area (Å²) in [6.45, 7) is 0.195. The number of hydrogen-bond donors (Lipinski definition) is 1. The molecule has 0 saturated carbocycles. The van der Waals surface area contributed by atoms with Gasteiger partial charge in [-0.15, -0.1) is 0 Å². The maximum atomic E-state index is 12.1. The Morgan fingerprint density at radius 3 is 2.56 bits per heavy atom. The van der Waals surface area contributed by atoms with E-state index in [0.717, 1.165) is 0 Å². The molecule has 0 aromatic heterocycles. The third kappa shape index (κ3) is 2.92. The molecule has 0 aliphatic carbocycles. The largest absolute Gasteiger partial charge is 0.481 e. The van der Waals surface area contributed by atoms with Gasteiger partial charge in [-0.3, -0.25) is 4.79 Å². The summed E-state index contributed by atoms with van der Waals surface area (Å²) in [5.74, 6) is -1.74. The summed E-state index contributed by atoms with van der Waals surface area (Å²) in [5.41, 5.74) is 0.982. The topological polar surface area (TPSA) is 46.5 Å². The smallest absolute Gasteiger partial charge is 0.387 e. The highest BCUT2D eigenvalue weighted by Gasteiger charge is 2.16. The molecule has 1 rings (SSSR count). The van der Waals surface area contributed by atoms with Gasteiger partial charge in [-0.05, 0) is 31.0 Å². The van der Waals surface area contributed by atoms with Crippen molar-refractivity contribution in [3.05, 3.63) is 29.3 Å². The number of hydrogen-bond acceptors (Lipinski definition) is 2. The summed E-state index contributed by atoms with van der Waals surface area (Å²) in [5, 5.41) is 8.79. The van der Waals surface area contributed by atoms with Crippen LogP contribution in [0.2, 0.25) is 0 Å². The van der Waals surface area contributed by atoms with Crippen LogP contribution in [0.15, 0.2) is 18.2 Å². The number of alkyl halides is 2. The van der Waals surface area contributed by atoms with Crippen LogP contribution >= 0.6 is 0 Å². The van der Waals surface area contributed by atoms with Crippen LogP contribution in [0.3, 0.4) is 0 Å². The predicted octanol–water partition coefficient (Wildman–Crippen LogP) is 2.78. The Balaban J connectivity index is 3.02. The molecule has 0 aliphatic rings. The Morgan fingerprint density at radius 1 is 1.44 bits per heavy atom. The van der Waals surface area contributed by atoms with Crippen molar-refractivity contribution >= 4 is 5.97 Å². The van der Waals surface area contributed by atoms with Crippen molar-refractivity contribution in [1.29, 1.82) is 0 Å². The van der Waals surface area contributed by atoms with Crippen molar-refractivity contribution in [3.63, 3.8) is 0 Å². The van der Waals surface area contributed by atoms with E-state index in [0.29, 0.717) is 11.1 Å². The zero-order valence-electron chi connectivity index (χ0n) is 8.91. The first kappa shape index (κ1) is 12.4. The van der Waals surface area contributed by atoms with Gasteiger partial charge in [-0.2, -0.15) is 8.78 Å². The molecule has 3 nitrogen and oxygen atoms in total. The van der Waals surface area contributed by atoms with E-state index in [1.165, 1.54) is 13.0 Å². The van der Waals surface area contributed by atoms with Crippen LogP contribution in [0.25, 0.3) is 0 Å². The fourth-order valence-corrected chi connectivity index (χ4v) is 1.25. The maximum absolute atomic E-state index is 12.1. The number of halogens is 2. The molecule has 0 heterocycles. The summed E-state index contributed by atoms with van der Waals surface area (Å²) < 4.78 is 28.4. The van der Waals surface area contributed by atoms with Crippen LogP contribution in [0.5, 0.6) is 5.75 Å². The summed E-state index contributed by atoms with van der Waals surface area (Å²) in [4.78, 5) is 10.7. The first-order chi connectivity index (χ1) is 7.41. The summed E-state index contributed by atoms with van der Waals surface area (Å²) >= 11 is 0. The number of ether oxygens (including phenoxy) is 1. The molecule has 5 heteroatoms. The Bertz CT molecular complexity index is 391. The number of carboxylic acid groups (broad SMARTS) is 1. The van der Waals surface area contributed by atoms with E-state index in [-0.39, 0.29) is 5.75 Å². The third-order valence-corrected chi connectivity index (χ3v) is 2.30. The maximum Gasteiger partial charge on any atom is 0.387 e. The SMILES string of the molecule is Cc1ccc(C(C)C(=O)O)cc1OC(F)F. The van der Waals surface area contributed by atoms with E-state index in [9.17, 15) is 13.6 Å². The monoisotopic (exact) mass is 230 g/mol. The second-order valence-corrected chi connectivity index (χ2v) is 3.46. The zero-order chi connectivity index (χ0) is 12.3. The fourth-order valence-electron chi connectivity index (χ4n) is 1.25. The molecule has 1 aromatic rings. The van der Waals surface area contributed by atoms with Gasteiger partial charge in [0.05, 0.1) is 5.92 Å². The van der Waals surface area contributed by atoms with Crippen LogP contribution in [0.4, 0.5) is 8.78 Å². The molecule has 88 valence electrons. The molecule has 0 bridgehead atoms. The molecule has 0 spiro atoms. The van der Waals surface area contributed by atoms with Gasteiger partial charge in [0, 0.05) is 0 Å². The molecule has 0 radical (unpaired) electrons. The van der Waals surface area contributed by atoms with Gasteiger partial charge in [-0.25, -0.2) is 0 Å². The van der Waals surface area contributed by atoms with Crippen LogP contribution in [0, 0.1) is 6.92 Å². The highest BCUT2D eigenvalue weighted by molar-refractivity contribution is 5.75. The van der Waals surface area contributed by atoms with Crippen molar-refractivity contribution in [2.75, 3.05) is 0 Å². The van der Waals surface area contributed by atoms with Gasteiger partial charge in [-0.1, -0.05) is 12.1 Å². The minimum absolute atomic E-state index is 0.0144. The van der Waals surface area contributed by atoms with Crippen LogP contribution < -0.4 is 4.74 Å². The number of benzene rings is 1. The van der Waals surface area contributed by atoms with Gasteiger partial charge >= 0.3 is 12.6 Å². The predicted molar refractivity (Wildman–Crippen MR) is 53.9 cm³/mol. The Hall–Kier alpha value is -1.65. The van der Waals surface area contributed by atoms with E-state index < -0.39 is 18.5 Å². The van der Waals surface area contributed by atoms with E-state index >= 15 is 0 Å². The number of carbonyl (C=O) groups is 1. The molecule has 1 aromatic carbocycles. The fraction of sp³-hybridized carbons (Fsp3) is 0.364. The lowest BCUT2D eigenvalue weighted by atomic mass is 10.00. The van der Waals surface area contributed by atoms with Crippen molar-refractivity contribution in [2.45, 2.75) is 26.4 Å². The molecule has 1 atom stereocenters. The normalized spacial score (nSPS) is 12.6. The molecule has 0 aliphatic heterocycles. The first-order valence-corrected chi connectivity index (χ1v) is 4.70. The number of aryl methyl sites for hydroxylation is 1. The molecule has 0 saturated heterocycles. The minimum Gasteiger partial charge on any atom is -0.481 e. The second kappa shape index (κ2) is 4.92. The number of aliphatic carboxylic acids is 1. The molecule has 1 N–H and O–H groups in total. The molecular weight excluding hydrogens is 218 g/mol. The molecule has 1 unspecified atom stereocenters. The average Bonchev–Trinajstić information content (AvgIpc) is 2.19. The number of rotatable bonds is 4. The Kier molecular flexibility index (Phi) is 3.82. The van der Waals surface area contributed by atoms with E-state index in [2.05, 4.69) is 4.74 Å². The van der Waals surface area contributed by atoms with E-state index in [1.54, 1.807) is 19.1 Å². The van der Waals surface area contributed by atoms with E-state index in [4.69, 9.17) is 5.11 Å². The standard InChI is InChI=1S/C11H12F2O3/c1-6-3-4-8(7(2)10(14)15)5-9(6)16-11(12)13/h3-5,7,11H,1-2H3,(H,14,15). The lowest BCUT2D eigenvalue weighted by Gasteiger charge is -2.12.